The predicted octanol–water partition coefficient (Wildman–Crippen LogP) is 2.06. The predicted molar refractivity (Wildman–Crippen MR) is 73.9 cm³/mol. The summed E-state index contributed by atoms with van der Waals surface area (Å²) in [5, 5.41) is 11.5. The first-order chi connectivity index (χ1) is 8.97. The summed E-state index contributed by atoms with van der Waals surface area (Å²) in [6.07, 6.45) is 2.56. The molecular weight excluding hydrogens is 246 g/mol. The Hall–Kier alpha value is -1.10. The van der Waals surface area contributed by atoms with Gasteiger partial charge in [-0.05, 0) is 31.1 Å². The van der Waals surface area contributed by atoms with Crippen molar-refractivity contribution < 1.29 is 19.4 Å². The minimum absolute atomic E-state index is 0.103. The third-order valence-corrected chi connectivity index (χ3v) is 3.09. The number of carboxylic acids is 1. The molecule has 112 valence electrons. The van der Waals surface area contributed by atoms with Gasteiger partial charge in [0.05, 0.1) is 0 Å². The number of hydrogen-bond donors (Lipinski definition) is 2. The quantitative estimate of drug-likeness (QED) is 0.565. The van der Waals surface area contributed by atoms with Gasteiger partial charge in [-0.3, -0.25) is 9.59 Å². The normalized spacial score (nSPS) is 12.4. The van der Waals surface area contributed by atoms with Gasteiger partial charge in [0.1, 0.15) is 6.61 Å². The highest BCUT2D eigenvalue weighted by molar-refractivity contribution is 5.77. The van der Waals surface area contributed by atoms with Crippen molar-refractivity contribution in [1.29, 1.82) is 0 Å². The highest BCUT2D eigenvalue weighted by Gasteiger charge is 2.15. The Morgan fingerprint density at radius 3 is 2.47 bits per heavy atom. The van der Waals surface area contributed by atoms with E-state index in [0.717, 1.165) is 12.8 Å². The van der Waals surface area contributed by atoms with E-state index >= 15 is 0 Å². The van der Waals surface area contributed by atoms with Gasteiger partial charge < -0.3 is 15.2 Å². The summed E-state index contributed by atoms with van der Waals surface area (Å²) in [6, 6.07) is 0. The lowest BCUT2D eigenvalue weighted by atomic mass is 9.88. The zero-order valence-electron chi connectivity index (χ0n) is 12.3. The monoisotopic (exact) mass is 273 g/mol. The number of ether oxygens (including phenoxy) is 1. The second-order valence-electron chi connectivity index (χ2n) is 5.13. The van der Waals surface area contributed by atoms with E-state index in [9.17, 15) is 9.59 Å². The maximum atomic E-state index is 11.4. The molecule has 0 aliphatic rings. The van der Waals surface area contributed by atoms with Crippen molar-refractivity contribution in [3.8, 4) is 0 Å². The SMILES string of the molecule is CCCOCC(=O)NCCC(CCC(=O)O)C(C)C. The number of carbonyl (C=O) groups excluding carboxylic acids is 1. The fourth-order valence-corrected chi connectivity index (χ4v) is 1.88. The van der Waals surface area contributed by atoms with Crippen LogP contribution in [-0.4, -0.2) is 36.7 Å². The smallest absolute Gasteiger partial charge is 0.303 e. The Morgan fingerprint density at radius 1 is 1.26 bits per heavy atom. The maximum absolute atomic E-state index is 11.4. The van der Waals surface area contributed by atoms with Gasteiger partial charge in [0.15, 0.2) is 0 Å². The van der Waals surface area contributed by atoms with E-state index in [0.29, 0.717) is 31.4 Å². The second-order valence-corrected chi connectivity index (χ2v) is 5.13. The van der Waals surface area contributed by atoms with Gasteiger partial charge in [0.2, 0.25) is 5.91 Å². The van der Waals surface area contributed by atoms with Crippen LogP contribution in [0.2, 0.25) is 0 Å². The molecule has 5 nitrogen and oxygen atoms in total. The van der Waals surface area contributed by atoms with E-state index < -0.39 is 5.97 Å². The summed E-state index contributed by atoms with van der Waals surface area (Å²) >= 11 is 0. The minimum Gasteiger partial charge on any atom is -0.481 e. The molecule has 0 aromatic heterocycles. The molecule has 0 saturated carbocycles. The molecule has 2 N–H and O–H groups in total. The molecule has 0 saturated heterocycles. The highest BCUT2D eigenvalue weighted by atomic mass is 16.5. The van der Waals surface area contributed by atoms with Gasteiger partial charge in [-0.1, -0.05) is 20.8 Å². The van der Waals surface area contributed by atoms with Gasteiger partial charge in [-0.25, -0.2) is 0 Å². The first-order valence-corrected chi connectivity index (χ1v) is 7.03. The van der Waals surface area contributed by atoms with E-state index in [-0.39, 0.29) is 18.9 Å². The van der Waals surface area contributed by atoms with Crippen LogP contribution in [0, 0.1) is 11.8 Å². The molecule has 0 rings (SSSR count). The number of hydrogen-bond acceptors (Lipinski definition) is 3. The van der Waals surface area contributed by atoms with E-state index in [2.05, 4.69) is 19.2 Å². The van der Waals surface area contributed by atoms with Crippen molar-refractivity contribution in [2.75, 3.05) is 19.8 Å². The summed E-state index contributed by atoms with van der Waals surface area (Å²) in [4.78, 5) is 22.0. The molecule has 0 spiro atoms. The average Bonchev–Trinajstić information content (AvgIpc) is 2.33. The Labute approximate surface area is 115 Å². The van der Waals surface area contributed by atoms with Crippen molar-refractivity contribution in [2.24, 2.45) is 11.8 Å². The molecule has 0 heterocycles. The third kappa shape index (κ3) is 10.5. The van der Waals surface area contributed by atoms with Gasteiger partial charge >= 0.3 is 5.97 Å². The summed E-state index contributed by atoms with van der Waals surface area (Å²) in [5.74, 6) is -0.114. The molecule has 1 unspecified atom stereocenters. The van der Waals surface area contributed by atoms with Crippen LogP contribution in [-0.2, 0) is 14.3 Å². The molecule has 19 heavy (non-hydrogen) atoms. The van der Waals surface area contributed by atoms with Crippen LogP contribution >= 0.6 is 0 Å². The van der Waals surface area contributed by atoms with Crippen LogP contribution in [0.5, 0.6) is 0 Å². The van der Waals surface area contributed by atoms with Crippen molar-refractivity contribution in [2.45, 2.75) is 46.5 Å². The topological polar surface area (TPSA) is 75.6 Å². The fraction of sp³-hybridized carbons (Fsp3) is 0.857. The van der Waals surface area contributed by atoms with Gasteiger partial charge in [0, 0.05) is 19.6 Å². The zero-order chi connectivity index (χ0) is 14.7. The first-order valence-electron chi connectivity index (χ1n) is 7.03. The maximum Gasteiger partial charge on any atom is 0.303 e. The number of amides is 1. The largest absolute Gasteiger partial charge is 0.481 e. The average molecular weight is 273 g/mol. The molecule has 0 fully saturated rings. The molecular formula is C14H27NO4. The number of nitrogens with one attached hydrogen (secondary N) is 1. The zero-order valence-corrected chi connectivity index (χ0v) is 12.3. The van der Waals surface area contributed by atoms with Gasteiger partial charge in [-0.15, -0.1) is 0 Å². The Balaban J connectivity index is 3.79. The van der Waals surface area contributed by atoms with Crippen molar-refractivity contribution in [3.63, 3.8) is 0 Å². The Kier molecular flexibility index (Phi) is 10.2. The first kappa shape index (κ1) is 17.9. The minimum atomic E-state index is -0.761. The lowest BCUT2D eigenvalue weighted by Gasteiger charge is -2.20. The van der Waals surface area contributed by atoms with Gasteiger partial charge in [0.25, 0.3) is 0 Å². The second kappa shape index (κ2) is 10.8. The lowest BCUT2D eigenvalue weighted by molar-refractivity contribution is -0.137. The Morgan fingerprint density at radius 2 is 1.95 bits per heavy atom. The van der Waals surface area contributed by atoms with Crippen LogP contribution in [0.15, 0.2) is 0 Å². The molecule has 0 aromatic rings. The van der Waals surface area contributed by atoms with Crippen LogP contribution in [0.4, 0.5) is 0 Å². The summed E-state index contributed by atoms with van der Waals surface area (Å²) < 4.78 is 5.14. The molecule has 0 aromatic carbocycles. The highest BCUT2D eigenvalue weighted by Crippen LogP contribution is 2.20. The molecule has 5 heteroatoms. The standard InChI is InChI=1S/C14H27NO4/c1-4-9-19-10-13(16)15-8-7-12(11(2)3)5-6-14(17)18/h11-12H,4-10H2,1-3H3,(H,15,16)(H,17,18). The van der Waals surface area contributed by atoms with E-state index in [1.165, 1.54) is 0 Å². The number of aliphatic carboxylic acids is 1. The lowest BCUT2D eigenvalue weighted by Crippen LogP contribution is -2.30. The van der Waals surface area contributed by atoms with Gasteiger partial charge in [-0.2, -0.15) is 0 Å². The number of rotatable bonds is 11. The van der Waals surface area contributed by atoms with Crippen LogP contribution in [0.3, 0.4) is 0 Å². The van der Waals surface area contributed by atoms with Crippen LogP contribution in [0.25, 0.3) is 0 Å². The summed E-state index contributed by atoms with van der Waals surface area (Å²) in [5.41, 5.74) is 0. The summed E-state index contributed by atoms with van der Waals surface area (Å²) in [6.45, 7) is 7.44. The molecule has 0 aliphatic heterocycles. The van der Waals surface area contributed by atoms with Crippen LogP contribution in [0.1, 0.15) is 46.5 Å². The van der Waals surface area contributed by atoms with Crippen molar-refractivity contribution >= 4 is 11.9 Å². The Bertz CT molecular complexity index is 266. The van der Waals surface area contributed by atoms with Crippen molar-refractivity contribution in [3.05, 3.63) is 0 Å². The van der Waals surface area contributed by atoms with E-state index in [4.69, 9.17) is 9.84 Å². The van der Waals surface area contributed by atoms with Crippen molar-refractivity contribution in [1.82, 2.24) is 5.32 Å². The third-order valence-electron chi connectivity index (χ3n) is 3.09. The molecule has 0 radical (unpaired) electrons. The molecule has 1 amide bonds. The summed E-state index contributed by atoms with van der Waals surface area (Å²) in [7, 11) is 0. The molecule has 0 bridgehead atoms. The van der Waals surface area contributed by atoms with Crippen LogP contribution < -0.4 is 5.32 Å². The molecule has 0 aliphatic carbocycles. The number of carbonyl (C=O) groups is 2. The van der Waals surface area contributed by atoms with E-state index in [1.807, 2.05) is 6.92 Å². The van der Waals surface area contributed by atoms with E-state index in [1.54, 1.807) is 0 Å². The molecule has 1 atom stereocenters. The fourth-order valence-electron chi connectivity index (χ4n) is 1.88. The number of carboxylic acid groups (broad SMARTS) is 1.